The smallest absolute Gasteiger partial charge is 0.261 e. The maximum absolute atomic E-state index is 13.1. The zero-order valence-electron chi connectivity index (χ0n) is 17.4. The number of pyridine rings is 1. The quantitative estimate of drug-likeness (QED) is 0.423. The fourth-order valence-electron chi connectivity index (χ4n) is 3.29. The zero-order valence-corrected chi connectivity index (χ0v) is 18.2. The molecule has 0 radical (unpaired) electrons. The van der Waals surface area contributed by atoms with E-state index in [1.807, 2.05) is 42.5 Å². The second-order valence-electron chi connectivity index (χ2n) is 7.23. The Morgan fingerprint density at radius 1 is 0.788 bits per heavy atom. The molecule has 8 heteroatoms. The maximum Gasteiger partial charge on any atom is 0.261 e. The van der Waals surface area contributed by atoms with Gasteiger partial charge in [-0.15, -0.1) is 0 Å². The van der Waals surface area contributed by atoms with Gasteiger partial charge in [0.15, 0.2) is 0 Å². The van der Waals surface area contributed by atoms with Crippen molar-refractivity contribution >= 4 is 21.6 Å². The Morgan fingerprint density at radius 2 is 1.39 bits per heavy atom. The summed E-state index contributed by atoms with van der Waals surface area (Å²) < 4.78 is 40.4. The second-order valence-corrected chi connectivity index (χ2v) is 8.92. The summed E-state index contributed by atoms with van der Waals surface area (Å²) in [5.74, 6) is -0.835. The summed E-state index contributed by atoms with van der Waals surface area (Å²) in [7, 11) is -3.88. The molecule has 2 N–H and O–H groups in total. The van der Waals surface area contributed by atoms with Crippen LogP contribution >= 0.6 is 0 Å². The molecule has 1 unspecified atom stereocenters. The molecule has 1 amide bonds. The van der Waals surface area contributed by atoms with Crippen molar-refractivity contribution in [2.45, 2.75) is 10.9 Å². The van der Waals surface area contributed by atoms with E-state index >= 15 is 0 Å². The van der Waals surface area contributed by atoms with Crippen LogP contribution in [-0.4, -0.2) is 19.3 Å². The Balaban J connectivity index is 1.51. The van der Waals surface area contributed by atoms with Crippen LogP contribution in [0.5, 0.6) is 0 Å². The molecule has 6 nitrogen and oxygen atoms in total. The number of hydrogen-bond donors (Lipinski definition) is 2. The second kappa shape index (κ2) is 9.62. The molecule has 166 valence electrons. The third-order valence-electron chi connectivity index (χ3n) is 4.97. The summed E-state index contributed by atoms with van der Waals surface area (Å²) in [6.45, 7) is 0. The number of carbonyl (C=O) groups excluding carboxylic acids is 1. The number of rotatable bonds is 7. The number of amides is 1. The van der Waals surface area contributed by atoms with Gasteiger partial charge >= 0.3 is 0 Å². The lowest BCUT2D eigenvalue weighted by Gasteiger charge is -2.20. The number of aromatic nitrogens is 1. The van der Waals surface area contributed by atoms with E-state index < -0.39 is 15.8 Å². The summed E-state index contributed by atoms with van der Waals surface area (Å²) in [4.78, 5) is 16.9. The van der Waals surface area contributed by atoms with Crippen LogP contribution in [-0.2, 0) is 10.0 Å². The predicted octanol–water partition coefficient (Wildman–Crippen LogP) is 4.54. The number of halogens is 1. The Labute approximate surface area is 191 Å². The Hall–Kier alpha value is -4.04. The van der Waals surface area contributed by atoms with Gasteiger partial charge in [0.05, 0.1) is 10.9 Å². The van der Waals surface area contributed by atoms with E-state index in [4.69, 9.17) is 0 Å². The Morgan fingerprint density at radius 3 is 2.03 bits per heavy atom. The van der Waals surface area contributed by atoms with Crippen LogP contribution in [0.25, 0.3) is 0 Å². The minimum Gasteiger partial charge on any atom is -0.341 e. The highest BCUT2D eigenvalue weighted by Crippen LogP contribution is 2.23. The minimum atomic E-state index is -3.88. The van der Waals surface area contributed by atoms with E-state index in [0.717, 1.165) is 23.3 Å². The molecule has 0 bridgehead atoms. The Kier molecular flexibility index (Phi) is 6.46. The largest absolute Gasteiger partial charge is 0.341 e. The lowest BCUT2D eigenvalue weighted by molar-refractivity contribution is 0.0943. The number of anilines is 1. The van der Waals surface area contributed by atoms with E-state index in [-0.39, 0.29) is 22.5 Å². The SMILES string of the molecule is O=C(NC(c1ccccc1)c1ccncc1)c1ccc(NS(=O)(=O)c2ccc(F)cc2)cc1. The van der Waals surface area contributed by atoms with Crippen LogP contribution in [0.4, 0.5) is 10.1 Å². The molecule has 1 atom stereocenters. The molecule has 1 aromatic heterocycles. The van der Waals surface area contributed by atoms with Crippen molar-refractivity contribution in [2.24, 2.45) is 0 Å². The lowest BCUT2D eigenvalue weighted by Crippen LogP contribution is -2.29. The molecule has 0 spiro atoms. The Bertz CT molecular complexity index is 1290. The van der Waals surface area contributed by atoms with Gasteiger partial charge in [-0.2, -0.15) is 0 Å². The van der Waals surface area contributed by atoms with E-state index in [9.17, 15) is 17.6 Å². The first kappa shape index (κ1) is 22.2. The number of sulfonamides is 1. The monoisotopic (exact) mass is 461 g/mol. The molecule has 0 fully saturated rings. The average Bonchev–Trinajstić information content (AvgIpc) is 2.84. The van der Waals surface area contributed by atoms with Crippen molar-refractivity contribution in [3.8, 4) is 0 Å². The first-order chi connectivity index (χ1) is 15.9. The summed E-state index contributed by atoms with van der Waals surface area (Å²) in [5, 5.41) is 3.02. The molecule has 0 aliphatic rings. The number of hydrogen-bond acceptors (Lipinski definition) is 4. The highest BCUT2D eigenvalue weighted by Gasteiger charge is 2.18. The van der Waals surface area contributed by atoms with Gasteiger partial charge in [0.25, 0.3) is 15.9 Å². The number of benzene rings is 3. The van der Waals surface area contributed by atoms with Crippen molar-refractivity contribution in [1.29, 1.82) is 0 Å². The van der Waals surface area contributed by atoms with Crippen molar-refractivity contribution in [3.63, 3.8) is 0 Å². The van der Waals surface area contributed by atoms with Gasteiger partial charge in [-0.3, -0.25) is 14.5 Å². The predicted molar refractivity (Wildman–Crippen MR) is 124 cm³/mol. The highest BCUT2D eigenvalue weighted by molar-refractivity contribution is 7.92. The van der Waals surface area contributed by atoms with Crippen LogP contribution in [0, 0.1) is 5.82 Å². The zero-order chi connectivity index (χ0) is 23.3. The standard InChI is InChI=1S/C25H20FN3O3S/c26-21-8-12-23(13-9-21)33(31,32)29-22-10-6-20(7-11-22)25(30)28-24(18-4-2-1-3-5-18)19-14-16-27-17-15-19/h1-17,24,29H,(H,28,30). The van der Waals surface area contributed by atoms with E-state index in [0.29, 0.717) is 5.56 Å². The molecule has 0 saturated heterocycles. The van der Waals surface area contributed by atoms with Crippen molar-refractivity contribution < 1.29 is 17.6 Å². The van der Waals surface area contributed by atoms with Gasteiger partial charge in [0.2, 0.25) is 0 Å². The fourth-order valence-corrected chi connectivity index (χ4v) is 4.35. The van der Waals surface area contributed by atoms with Gasteiger partial charge in [0.1, 0.15) is 5.82 Å². The minimum absolute atomic E-state index is 0.0613. The molecular weight excluding hydrogens is 441 g/mol. The molecule has 4 aromatic rings. The normalized spacial score (nSPS) is 12.0. The van der Waals surface area contributed by atoms with E-state index in [1.54, 1.807) is 12.4 Å². The molecule has 4 rings (SSSR count). The van der Waals surface area contributed by atoms with Gasteiger partial charge in [-0.25, -0.2) is 12.8 Å². The fraction of sp³-hybridized carbons (Fsp3) is 0.0400. The van der Waals surface area contributed by atoms with Crippen molar-refractivity contribution in [1.82, 2.24) is 10.3 Å². The lowest BCUT2D eigenvalue weighted by atomic mass is 9.99. The van der Waals surface area contributed by atoms with Crippen molar-refractivity contribution in [2.75, 3.05) is 4.72 Å². The summed E-state index contributed by atoms with van der Waals surface area (Å²) >= 11 is 0. The van der Waals surface area contributed by atoms with E-state index in [1.165, 1.54) is 36.4 Å². The van der Waals surface area contributed by atoms with Crippen molar-refractivity contribution in [3.05, 3.63) is 126 Å². The number of nitrogens with zero attached hydrogens (tertiary/aromatic N) is 1. The van der Waals surface area contributed by atoms with Crippen LogP contribution in [0.1, 0.15) is 27.5 Å². The average molecular weight is 462 g/mol. The third kappa shape index (κ3) is 5.42. The first-order valence-electron chi connectivity index (χ1n) is 10.1. The number of carbonyl (C=O) groups is 1. The number of nitrogens with one attached hydrogen (secondary N) is 2. The molecule has 3 aromatic carbocycles. The van der Waals surface area contributed by atoms with Gasteiger partial charge in [-0.1, -0.05) is 30.3 Å². The van der Waals surface area contributed by atoms with Gasteiger partial charge < -0.3 is 5.32 Å². The van der Waals surface area contributed by atoms with Crippen LogP contribution in [0.2, 0.25) is 0 Å². The van der Waals surface area contributed by atoms with Gasteiger partial charge in [-0.05, 0) is 71.8 Å². The summed E-state index contributed by atoms with van der Waals surface area (Å²) in [5.41, 5.74) is 2.45. The topological polar surface area (TPSA) is 88.2 Å². The molecular formula is C25H20FN3O3S. The maximum atomic E-state index is 13.1. The van der Waals surface area contributed by atoms with Crippen LogP contribution in [0.15, 0.2) is 108 Å². The highest BCUT2D eigenvalue weighted by atomic mass is 32.2. The summed E-state index contributed by atoms with van der Waals surface area (Å²) in [6.07, 6.45) is 3.33. The van der Waals surface area contributed by atoms with Crippen LogP contribution in [0.3, 0.4) is 0 Å². The third-order valence-corrected chi connectivity index (χ3v) is 6.37. The molecule has 33 heavy (non-hydrogen) atoms. The molecule has 1 heterocycles. The van der Waals surface area contributed by atoms with Crippen LogP contribution < -0.4 is 10.0 Å². The van der Waals surface area contributed by atoms with E-state index in [2.05, 4.69) is 15.0 Å². The molecule has 0 saturated carbocycles. The van der Waals surface area contributed by atoms with Gasteiger partial charge in [0, 0.05) is 23.6 Å². The first-order valence-corrected chi connectivity index (χ1v) is 11.5. The molecule has 0 aliphatic heterocycles. The molecule has 0 aliphatic carbocycles. The summed E-state index contributed by atoms with van der Waals surface area (Å²) in [6, 6.07) is 23.5.